The van der Waals surface area contributed by atoms with Crippen molar-refractivity contribution in [3.05, 3.63) is 72.4 Å². The maximum absolute atomic E-state index is 12.1. The van der Waals surface area contributed by atoms with Gasteiger partial charge in [0.1, 0.15) is 5.02 Å². The van der Waals surface area contributed by atoms with E-state index >= 15 is 0 Å². The molecule has 6 rings (SSSR count). The second kappa shape index (κ2) is 23.2. The van der Waals surface area contributed by atoms with Crippen LogP contribution in [0.2, 0.25) is 5.02 Å². The van der Waals surface area contributed by atoms with E-state index in [1.54, 1.807) is 6.07 Å². The van der Waals surface area contributed by atoms with Crippen LogP contribution < -0.4 is 36.8 Å². The van der Waals surface area contributed by atoms with Crippen molar-refractivity contribution in [3.8, 4) is 0 Å². The van der Waals surface area contributed by atoms with Crippen molar-refractivity contribution in [2.45, 2.75) is 43.0 Å². The molecule has 59 heavy (non-hydrogen) atoms. The Morgan fingerprint density at radius 3 is 2.41 bits per heavy atom. The summed E-state index contributed by atoms with van der Waals surface area (Å²) in [6.07, 6.45) is 6.06. The van der Waals surface area contributed by atoms with Gasteiger partial charge in [-0.2, -0.15) is 16.7 Å². The summed E-state index contributed by atoms with van der Waals surface area (Å²) < 4.78 is 17.0. The van der Waals surface area contributed by atoms with Crippen molar-refractivity contribution >= 4 is 75.7 Å². The molecule has 318 valence electrons. The average Bonchev–Trinajstić information content (AvgIpc) is 3.81. The fourth-order valence-electron chi connectivity index (χ4n) is 7.00. The molecule has 3 fully saturated rings. The van der Waals surface area contributed by atoms with Gasteiger partial charge in [0.2, 0.25) is 17.8 Å². The first kappa shape index (κ1) is 43.9. The summed E-state index contributed by atoms with van der Waals surface area (Å²) in [6, 6.07) is 15.8. The second-order valence-corrected chi connectivity index (χ2v) is 16.0. The monoisotopic (exact) mass is 850 g/mol. The molecule has 4 amide bonds. The summed E-state index contributed by atoms with van der Waals surface area (Å²) in [5, 5.41) is 18.9. The van der Waals surface area contributed by atoms with Gasteiger partial charge >= 0.3 is 6.03 Å². The summed E-state index contributed by atoms with van der Waals surface area (Å²) in [5.74, 6) is 1.45. The number of rotatable bonds is 24. The second-order valence-electron chi connectivity index (χ2n) is 14.3. The molecule has 0 unspecified atom stereocenters. The Balaban J connectivity index is 0.758. The third-order valence-electron chi connectivity index (χ3n) is 10.2. The fraction of sp³-hybridized carbons (Fsp3) is 0.488. The van der Waals surface area contributed by atoms with Crippen LogP contribution in [0.15, 0.2) is 67.4 Å². The number of nitrogens with one attached hydrogen (secondary N) is 6. The summed E-state index contributed by atoms with van der Waals surface area (Å²) in [5.41, 5.74) is 3.18. The number of carbonyl (C=O) groups is 3. The van der Waals surface area contributed by atoms with Gasteiger partial charge in [-0.3, -0.25) is 14.5 Å². The first-order chi connectivity index (χ1) is 28.8. The van der Waals surface area contributed by atoms with Crippen LogP contribution in [0.4, 0.5) is 39.3 Å². The summed E-state index contributed by atoms with van der Waals surface area (Å²) in [4.78, 5) is 49.2. The Hall–Kier alpha value is -4.65. The zero-order chi connectivity index (χ0) is 41.2. The van der Waals surface area contributed by atoms with Gasteiger partial charge in [-0.1, -0.05) is 36.7 Å². The number of thioether (sulfide) groups is 1. The molecule has 16 nitrogen and oxygen atoms in total. The Bertz CT molecular complexity index is 1840. The van der Waals surface area contributed by atoms with E-state index in [9.17, 15) is 14.4 Å². The van der Waals surface area contributed by atoms with Crippen molar-refractivity contribution in [3.63, 3.8) is 0 Å². The predicted octanol–water partition coefficient (Wildman–Crippen LogP) is 4.76. The Morgan fingerprint density at radius 1 is 0.915 bits per heavy atom. The molecule has 3 aromatic rings. The highest BCUT2D eigenvalue weighted by Crippen LogP contribution is 2.33. The minimum atomic E-state index is -0.322. The first-order valence-electron chi connectivity index (χ1n) is 20.2. The number of hydrogen-bond donors (Lipinski definition) is 6. The van der Waals surface area contributed by atoms with Gasteiger partial charge in [0.05, 0.1) is 69.3 Å². The summed E-state index contributed by atoms with van der Waals surface area (Å²) in [6.45, 7) is 11.7. The predicted molar refractivity (Wildman–Crippen MR) is 233 cm³/mol. The normalized spacial score (nSPS) is 18.8. The van der Waals surface area contributed by atoms with E-state index < -0.39 is 0 Å². The van der Waals surface area contributed by atoms with E-state index in [2.05, 4.69) is 70.4 Å². The Labute approximate surface area is 354 Å². The maximum atomic E-state index is 12.1. The summed E-state index contributed by atoms with van der Waals surface area (Å²) >= 11 is 8.31. The number of hydrogen-bond acceptors (Lipinski definition) is 13. The van der Waals surface area contributed by atoms with Gasteiger partial charge in [-0.05, 0) is 55.3 Å². The number of urea groups is 1. The van der Waals surface area contributed by atoms with Crippen molar-refractivity contribution in [1.82, 2.24) is 30.8 Å². The number of halogens is 1. The van der Waals surface area contributed by atoms with E-state index in [0.29, 0.717) is 86.0 Å². The molecular formula is C41H55ClN10O6S. The number of amides is 4. The number of fused-ring (bicyclic) bond motifs is 1. The van der Waals surface area contributed by atoms with Gasteiger partial charge in [0.15, 0.2) is 5.82 Å². The molecule has 3 aliphatic rings. The molecule has 2 aromatic carbocycles. The summed E-state index contributed by atoms with van der Waals surface area (Å²) in [7, 11) is 0. The molecule has 0 bridgehead atoms. The van der Waals surface area contributed by atoms with Crippen LogP contribution in [-0.2, 0) is 23.8 Å². The lowest BCUT2D eigenvalue weighted by Crippen LogP contribution is -2.47. The minimum absolute atomic E-state index is 0.0470. The van der Waals surface area contributed by atoms with Crippen LogP contribution in [0, 0.1) is 0 Å². The number of benzene rings is 2. The number of carbonyl (C=O) groups excluding carboxylic acids is 3. The smallest absolute Gasteiger partial charge is 0.315 e. The SMILES string of the molecule is C=CC(=O)Nc1ccccc1Nc1nc(Nc2ccc(N3CCN(CCOCCOCCOCCNC(=O)CCCC[C@@H]4SC[C@@H]5NC(=O)N[C@@H]54)CC3)cc2)ncc1Cl. The molecule has 0 spiro atoms. The lowest BCUT2D eigenvalue weighted by atomic mass is 10.0. The van der Waals surface area contributed by atoms with Gasteiger partial charge in [-0.25, -0.2) is 9.78 Å². The number of ether oxygens (including phenoxy) is 3. The molecule has 4 heterocycles. The number of para-hydroxylation sites is 2. The average molecular weight is 851 g/mol. The standard InChI is InChI=1S/C41H55ClN10O6S/c1-2-36(53)46-32-7-3-4-8-33(32)47-39-31(42)27-44-40(50-39)45-29-11-13-30(14-12-29)52-18-16-51(17-19-52)20-22-57-24-26-58-25-23-56-21-15-43-37(54)10-6-5-9-35-38-34(28-59-35)48-41(55)49-38/h2-4,7-8,11-14,27,34-35,38H,1,5-6,9-10,15-26,28H2,(H,43,54)(H,46,53)(H2,48,49,55)(H2,44,45,47,50)/t34-,35-,38-/m0/s1. The van der Waals surface area contributed by atoms with Crippen molar-refractivity contribution in [2.24, 2.45) is 0 Å². The van der Waals surface area contributed by atoms with Gasteiger partial charge in [-0.15, -0.1) is 0 Å². The van der Waals surface area contributed by atoms with Crippen LogP contribution in [0.1, 0.15) is 25.7 Å². The van der Waals surface area contributed by atoms with Crippen LogP contribution in [0.3, 0.4) is 0 Å². The first-order valence-corrected chi connectivity index (χ1v) is 21.6. The highest BCUT2D eigenvalue weighted by atomic mass is 35.5. The van der Waals surface area contributed by atoms with E-state index in [0.717, 1.165) is 69.1 Å². The lowest BCUT2D eigenvalue weighted by Gasteiger charge is -2.36. The van der Waals surface area contributed by atoms with Gasteiger partial charge in [0.25, 0.3) is 0 Å². The minimum Gasteiger partial charge on any atom is -0.378 e. The van der Waals surface area contributed by atoms with Crippen LogP contribution >= 0.6 is 23.4 Å². The van der Waals surface area contributed by atoms with E-state index in [-0.39, 0.29) is 29.9 Å². The van der Waals surface area contributed by atoms with E-state index in [1.807, 2.05) is 42.1 Å². The molecule has 0 aliphatic carbocycles. The number of aromatic nitrogens is 2. The van der Waals surface area contributed by atoms with Crippen LogP contribution in [0.5, 0.6) is 0 Å². The van der Waals surface area contributed by atoms with Gasteiger partial charge < -0.3 is 51.0 Å². The quantitative estimate of drug-likeness (QED) is 0.0413. The number of nitrogens with zero attached hydrogens (tertiary/aromatic N) is 4. The molecular weight excluding hydrogens is 796 g/mol. The zero-order valence-electron chi connectivity index (χ0n) is 33.3. The third-order valence-corrected chi connectivity index (χ3v) is 12.0. The molecule has 3 aliphatic heterocycles. The molecule has 0 saturated carbocycles. The fourth-order valence-corrected chi connectivity index (χ4v) is 8.68. The molecule has 0 radical (unpaired) electrons. The topological polar surface area (TPSA) is 183 Å². The number of anilines is 6. The largest absolute Gasteiger partial charge is 0.378 e. The molecule has 18 heteroatoms. The Morgan fingerprint density at radius 2 is 1.64 bits per heavy atom. The molecule has 6 N–H and O–H groups in total. The molecule has 3 saturated heterocycles. The van der Waals surface area contributed by atoms with Crippen molar-refractivity contribution in [1.29, 1.82) is 0 Å². The van der Waals surface area contributed by atoms with E-state index in [4.69, 9.17) is 25.8 Å². The Kier molecular flexibility index (Phi) is 17.3. The highest BCUT2D eigenvalue weighted by Gasteiger charge is 2.42. The zero-order valence-corrected chi connectivity index (χ0v) is 34.8. The number of piperazine rings is 1. The van der Waals surface area contributed by atoms with Gasteiger partial charge in [0, 0.05) is 68.1 Å². The van der Waals surface area contributed by atoms with Crippen LogP contribution in [-0.4, -0.2) is 135 Å². The lowest BCUT2D eigenvalue weighted by molar-refractivity contribution is -0.121. The maximum Gasteiger partial charge on any atom is 0.315 e. The van der Waals surface area contributed by atoms with Crippen LogP contribution in [0.25, 0.3) is 0 Å². The third kappa shape index (κ3) is 14.0. The highest BCUT2D eigenvalue weighted by molar-refractivity contribution is 8.00. The van der Waals surface area contributed by atoms with Crippen molar-refractivity contribution in [2.75, 3.05) is 106 Å². The van der Waals surface area contributed by atoms with Crippen molar-refractivity contribution < 1.29 is 28.6 Å². The molecule has 1 aromatic heterocycles. The number of unbranched alkanes of at least 4 members (excludes halogenated alkanes) is 1. The van der Waals surface area contributed by atoms with E-state index in [1.165, 1.54) is 12.3 Å². The molecule has 3 atom stereocenters.